The van der Waals surface area contributed by atoms with E-state index in [0.29, 0.717) is 29.6 Å². The SMILES string of the molecule is CCCNC(=O)C(Cc1ccccc1)N(Cc1ccc(Br)cc1)C(=O)Cc1ccc(Cl)c(Cl)c1. The summed E-state index contributed by atoms with van der Waals surface area (Å²) in [6.45, 7) is 2.86. The molecule has 178 valence electrons. The molecule has 2 amide bonds. The van der Waals surface area contributed by atoms with Crippen LogP contribution >= 0.6 is 39.1 Å². The molecule has 3 aromatic carbocycles. The predicted molar refractivity (Wildman–Crippen MR) is 142 cm³/mol. The van der Waals surface area contributed by atoms with Gasteiger partial charge in [0.25, 0.3) is 0 Å². The van der Waals surface area contributed by atoms with Crippen LogP contribution in [-0.4, -0.2) is 29.3 Å². The van der Waals surface area contributed by atoms with Crippen LogP contribution in [0, 0.1) is 0 Å². The Morgan fingerprint density at radius 1 is 0.912 bits per heavy atom. The first kappa shape index (κ1) is 26.3. The minimum absolute atomic E-state index is 0.111. The second kappa shape index (κ2) is 12.9. The molecule has 0 heterocycles. The van der Waals surface area contributed by atoms with E-state index in [1.54, 1.807) is 23.1 Å². The number of benzene rings is 3. The van der Waals surface area contributed by atoms with Crippen molar-refractivity contribution < 1.29 is 9.59 Å². The Hall–Kier alpha value is -2.34. The predicted octanol–water partition coefficient (Wildman–Crippen LogP) is 6.46. The second-order valence-electron chi connectivity index (χ2n) is 8.07. The van der Waals surface area contributed by atoms with Gasteiger partial charge in [0.2, 0.25) is 11.8 Å². The van der Waals surface area contributed by atoms with E-state index in [9.17, 15) is 9.59 Å². The van der Waals surface area contributed by atoms with Crippen molar-refractivity contribution in [1.29, 1.82) is 0 Å². The second-order valence-corrected chi connectivity index (χ2v) is 9.80. The fourth-order valence-electron chi connectivity index (χ4n) is 3.63. The third-order valence-electron chi connectivity index (χ3n) is 5.43. The average molecular weight is 562 g/mol. The van der Waals surface area contributed by atoms with Gasteiger partial charge in [0, 0.05) is 24.0 Å². The highest BCUT2D eigenvalue weighted by atomic mass is 79.9. The van der Waals surface area contributed by atoms with E-state index in [-0.39, 0.29) is 18.2 Å². The highest BCUT2D eigenvalue weighted by Gasteiger charge is 2.30. The van der Waals surface area contributed by atoms with Crippen molar-refractivity contribution in [3.05, 3.63) is 104 Å². The lowest BCUT2D eigenvalue weighted by Gasteiger charge is -2.31. The first-order valence-corrected chi connectivity index (χ1v) is 12.7. The molecule has 0 aliphatic heterocycles. The van der Waals surface area contributed by atoms with Crippen molar-refractivity contribution >= 4 is 50.9 Å². The van der Waals surface area contributed by atoms with Gasteiger partial charge in [-0.3, -0.25) is 9.59 Å². The topological polar surface area (TPSA) is 49.4 Å². The Kier molecular flexibility index (Phi) is 10.00. The number of hydrogen-bond donors (Lipinski definition) is 1. The molecule has 34 heavy (non-hydrogen) atoms. The minimum Gasteiger partial charge on any atom is -0.354 e. The zero-order chi connectivity index (χ0) is 24.5. The fourth-order valence-corrected chi connectivity index (χ4v) is 4.22. The highest BCUT2D eigenvalue weighted by molar-refractivity contribution is 9.10. The molecule has 7 heteroatoms. The lowest BCUT2D eigenvalue weighted by atomic mass is 10.0. The van der Waals surface area contributed by atoms with Crippen LogP contribution in [0.25, 0.3) is 0 Å². The van der Waals surface area contributed by atoms with Gasteiger partial charge in [0.1, 0.15) is 6.04 Å². The van der Waals surface area contributed by atoms with Gasteiger partial charge in [0.05, 0.1) is 16.5 Å². The minimum atomic E-state index is -0.659. The Morgan fingerprint density at radius 3 is 2.24 bits per heavy atom. The largest absolute Gasteiger partial charge is 0.354 e. The molecular formula is C27H27BrCl2N2O2. The molecule has 0 aromatic heterocycles. The fraction of sp³-hybridized carbons (Fsp3) is 0.259. The van der Waals surface area contributed by atoms with Gasteiger partial charge < -0.3 is 10.2 Å². The number of nitrogens with one attached hydrogen (secondary N) is 1. The summed E-state index contributed by atoms with van der Waals surface area (Å²) in [5, 5.41) is 3.82. The lowest BCUT2D eigenvalue weighted by Crippen LogP contribution is -2.51. The van der Waals surface area contributed by atoms with Gasteiger partial charge in [-0.25, -0.2) is 0 Å². The van der Waals surface area contributed by atoms with Crippen molar-refractivity contribution in [2.75, 3.05) is 6.54 Å². The normalized spacial score (nSPS) is 11.6. The lowest BCUT2D eigenvalue weighted by molar-refractivity contribution is -0.140. The summed E-state index contributed by atoms with van der Waals surface area (Å²) in [5.74, 6) is -0.320. The van der Waals surface area contributed by atoms with Crippen molar-refractivity contribution in [2.24, 2.45) is 0 Å². The summed E-state index contributed by atoms with van der Waals surface area (Å²) in [6.07, 6.45) is 1.34. The van der Waals surface area contributed by atoms with Gasteiger partial charge in [-0.05, 0) is 47.4 Å². The van der Waals surface area contributed by atoms with Crippen molar-refractivity contribution in [3.8, 4) is 0 Å². The molecule has 3 aromatic rings. The van der Waals surface area contributed by atoms with Crippen LogP contribution in [0.2, 0.25) is 10.0 Å². The van der Waals surface area contributed by atoms with Gasteiger partial charge in [-0.15, -0.1) is 0 Å². The molecule has 3 rings (SSSR count). The Morgan fingerprint density at radius 2 is 1.59 bits per heavy atom. The van der Waals surface area contributed by atoms with E-state index < -0.39 is 6.04 Å². The van der Waals surface area contributed by atoms with Gasteiger partial charge in [0.15, 0.2) is 0 Å². The van der Waals surface area contributed by atoms with E-state index in [2.05, 4.69) is 21.2 Å². The van der Waals surface area contributed by atoms with Crippen molar-refractivity contribution in [1.82, 2.24) is 10.2 Å². The van der Waals surface area contributed by atoms with Crippen LogP contribution in [-0.2, 0) is 29.0 Å². The van der Waals surface area contributed by atoms with E-state index >= 15 is 0 Å². The number of carbonyl (C=O) groups excluding carboxylic acids is 2. The van der Waals surface area contributed by atoms with E-state index in [1.807, 2.05) is 61.5 Å². The van der Waals surface area contributed by atoms with Crippen LogP contribution in [0.15, 0.2) is 77.3 Å². The summed E-state index contributed by atoms with van der Waals surface area (Å²) in [6, 6.07) is 22.0. The number of amides is 2. The monoisotopic (exact) mass is 560 g/mol. The Labute approximate surface area is 219 Å². The Bertz CT molecular complexity index is 1110. The van der Waals surface area contributed by atoms with Crippen LogP contribution in [0.3, 0.4) is 0 Å². The molecule has 0 aliphatic carbocycles. The molecule has 0 fully saturated rings. The first-order valence-electron chi connectivity index (χ1n) is 11.2. The van der Waals surface area contributed by atoms with E-state index in [0.717, 1.165) is 27.6 Å². The summed E-state index contributed by atoms with van der Waals surface area (Å²) in [7, 11) is 0. The molecule has 4 nitrogen and oxygen atoms in total. The number of halogens is 3. The highest BCUT2D eigenvalue weighted by Crippen LogP contribution is 2.24. The standard InChI is InChI=1S/C27H27BrCl2N2O2/c1-2-14-31-27(34)25(16-19-6-4-3-5-7-19)32(18-20-8-11-22(28)12-9-20)26(33)17-21-10-13-23(29)24(30)15-21/h3-13,15,25H,2,14,16-18H2,1H3,(H,31,34). The zero-order valence-electron chi connectivity index (χ0n) is 18.9. The van der Waals surface area contributed by atoms with Crippen molar-refractivity contribution in [3.63, 3.8) is 0 Å². The maximum atomic E-state index is 13.7. The summed E-state index contributed by atoms with van der Waals surface area (Å²) < 4.78 is 0.950. The smallest absolute Gasteiger partial charge is 0.243 e. The summed E-state index contributed by atoms with van der Waals surface area (Å²) in [5.41, 5.74) is 2.67. The molecule has 0 spiro atoms. The molecule has 0 aliphatic rings. The summed E-state index contributed by atoms with van der Waals surface area (Å²) >= 11 is 15.7. The third-order valence-corrected chi connectivity index (χ3v) is 6.69. The maximum absolute atomic E-state index is 13.7. The quantitative estimate of drug-likeness (QED) is 0.308. The van der Waals surface area contributed by atoms with E-state index in [4.69, 9.17) is 23.2 Å². The molecule has 1 N–H and O–H groups in total. The van der Waals surface area contributed by atoms with Gasteiger partial charge in [-0.2, -0.15) is 0 Å². The number of hydrogen-bond acceptors (Lipinski definition) is 2. The van der Waals surface area contributed by atoms with Crippen LogP contribution < -0.4 is 5.32 Å². The number of nitrogens with zero attached hydrogens (tertiary/aromatic N) is 1. The average Bonchev–Trinajstić information content (AvgIpc) is 2.84. The summed E-state index contributed by atoms with van der Waals surface area (Å²) in [4.78, 5) is 28.6. The molecule has 0 bridgehead atoms. The molecule has 1 unspecified atom stereocenters. The molecule has 0 saturated carbocycles. The first-order chi connectivity index (χ1) is 16.4. The van der Waals surface area contributed by atoms with Crippen LogP contribution in [0.1, 0.15) is 30.0 Å². The molecule has 0 saturated heterocycles. The van der Waals surface area contributed by atoms with Gasteiger partial charge >= 0.3 is 0 Å². The number of rotatable bonds is 10. The molecular weight excluding hydrogens is 535 g/mol. The maximum Gasteiger partial charge on any atom is 0.243 e. The third kappa shape index (κ3) is 7.59. The number of carbonyl (C=O) groups is 2. The Balaban J connectivity index is 1.95. The zero-order valence-corrected chi connectivity index (χ0v) is 22.0. The van der Waals surface area contributed by atoms with E-state index in [1.165, 1.54) is 0 Å². The van der Waals surface area contributed by atoms with Gasteiger partial charge in [-0.1, -0.05) is 94.6 Å². The van der Waals surface area contributed by atoms with Crippen molar-refractivity contribution in [2.45, 2.75) is 38.8 Å². The molecule has 0 radical (unpaired) electrons. The van der Waals surface area contributed by atoms with Crippen LogP contribution in [0.4, 0.5) is 0 Å². The molecule has 1 atom stereocenters. The van der Waals surface area contributed by atoms with Crippen LogP contribution in [0.5, 0.6) is 0 Å².